The van der Waals surface area contributed by atoms with Crippen molar-refractivity contribution in [3.05, 3.63) is 42.4 Å². The molecule has 0 saturated carbocycles. The summed E-state index contributed by atoms with van der Waals surface area (Å²) in [5.41, 5.74) is 1.01. The minimum atomic E-state index is 0.0845. The monoisotopic (exact) mass is 346 g/mol. The van der Waals surface area contributed by atoms with Crippen LogP contribution in [0.3, 0.4) is 0 Å². The average molecular weight is 346 g/mol. The summed E-state index contributed by atoms with van der Waals surface area (Å²) in [6, 6.07) is 7.72. The zero-order chi connectivity index (χ0) is 16.8. The molecule has 7 heteroatoms. The molecule has 1 saturated heterocycles. The Morgan fingerprint density at radius 3 is 3.08 bits per heavy atom. The zero-order valence-corrected chi connectivity index (χ0v) is 14.4. The van der Waals surface area contributed by atoms with E-state index < -0.39 is 0 Å². The first-order valence-electron chi connectivity index (χ1n) is 8.22. The standard InChI is InChI=1S/C17H22N4O2S/c22-11-10-21-9-6-15(19-21)14-4-3-8-20(12-14)17(23)13-24-16-5-1-2-7-18-16/h1-2,5-7,9,14,22H,3-4,8,10-13H2. The molecule has 0 aromatic carbocycles. The summed E-state index contributed by atoms with van der Waals surface area (Å²) in [5.74, 6) is 0.857. The van der Waals surface area contributed by atoms with Crippen molar-refractivity contribution in [2.24, 2.45) is 0 Å². The summed E-state index contributed by atoms with van der Waals surface area (Å²) in [5, 5.41) is 14.4. The van der Waals surface area contributed by atoms with Crippen LogP contribution in [-0.4, -0.2) is 56.1 Å². The van der Waals surface area contributed by atoms with E-state index >= 15 is 0 Å². The van der Waals surface area contributed by atoms with Gasteiger partial charge < -0.3 is 10.0 Å². The van der Waals surface area contributed by atoms with Gasteiger partial charge in [0.1, 0.15) is 0 Å². The average Bonchev–Trinajstić information content (AvgIpc) is 3.10. The predicted molar refractivity (Wildman–Crippen MR) is 92.8 cm³/mol. The fourth-order valence-electron chi connectivity index (χ4n) is 2.93. The molecule has 1 fully saturated rings. The number of hydrogen-bond acceptors (Lipinski definition) is 5. The second-order valence-electron chi connectivity index (χ2n) is 5.86. The Morgan fingerprint density at radius 1 is 1.38 bits per heavy atom. The fourth-order valence-corrected chi connectivity index (χ4v) is 3.69. The smallest absolute Gasteiger partial charge is 0.233 e. The van der Waals surface area contributed by atoms with E-state index in [2.05, 4.69) is 10.1 Å². The van der Waals surface area contributed by atoms with E-state index in [0.29, 0.717) is 12.3 Å². The van der Waals surface area contributed by atoms with Gasteiger partial charge in [0, 0.05) is 31.4 Å². The molecule has 2 aromatic rings. The van der Waals surface area contributed by atoms with Crippen LogP contribution >= 0.6 is 11.8 Å². The van der Waals surface area contributed by atoms with Crippen molar-refractivity contribution >= 4 is 17.7 Å². The normalized spacial score (nSPS) is 17.9. The lowest BCUT2D eigenvalue weighted by Crippen LogP contribution is -2.40. The van der Waals surface area contributed by atoms with Crippen molar-refractivity contribution in [1.82, 2.24) is 19.7 Å². The van der Waals surface area contributed by atoms with Gasteiger partial charge in [0.15, 0.2) is 0 Å². The number of aliphatic hydroxyl groups is 1. The number of aliphatic hydroxyl groups excluding tert-OH is 1. The minimum Gasteiger partial charge on any atom is -0.394 e. The molecule has 0 radical (unpaired) electrons. The van der Waals surface area contributed by atoms with Crippen LogP contribution in [0.15, 0.2) is 41.7 Å². The van der Waals surface area contributed by atoms with Crippen LogP contribution in [0, 0.1) is 0 Å². The Kier molecular flexibility index (Phi) is 5.87. The lowest BCUT2D eigenvalue weighted by atomic mass is 9.95. The van der Waals surface area contributed by atoms with Crippen molar-refractivity contribution in [2.45, 2.75) is 30.3 Å². The summed E-state index contributed by atoms with van der Waals surface area (Å²) in [6.07, 6.45) is 5.68. The summed E-state index contributed by atoms with van der Waals surface area (Å²) in [4.78, 5) is 18.7. The second-order valence-corrected chi connectivity index (χ2v) is 6.86. The first kappa shape index (κ1) is 17.0. The third kappa shape index (κ3) is 4.36. The van der Waals surface area contributed by atoms with E-state index in [0.717, 1.165) is 36.7 Å². The highest BCUT2D eigenvalue weighted by atomic mass is 32.2. The quantitative estimate of drug-likeness (QED) is 0.807. The Hall–Kier alpha value is -1.86. The largest absolute Gasteiger partial charge is 0.394 e. The van der Waals surface area contributed by atoms with E-state index in [1.54, 1.807) is 10.9 Å². The molecule has 1 aliphatic rings. The van der Waals surface area contributed by atoms with Crippen molar-refractivity contribution in [2.75, 3.05) is 25.4 Å². The number of pyridine rings is 1. The molecule has 1 unspecified atom stereocenters. The molecule has 0 spiro atoms. The second kappa shape index (κ2) is 8.30. The Labute approximate surface area is 145 Å². The molecule has 1 amide bonds. The van der Waals surface area contributed by atoms with E-state index in [-0.39, 0.29) is 18.4 Å². The molecule has 3 heterocycles. The first-order valence-corrected chi connectivity index (χ1v) is 9.20. The van der Waals surface area contributed by atoms with Gasteiger partial charge in [0.2, 0.25) is 5.91 Å². The number of carbonyl (C=O) groups excluding carboxylic acids is 1. The number of amides is 1. The summed E-state index contributed by atoms with van der Waals surface area (Å²) < 4.78 is 1.76. The molecule has 0 bridgehead atoms. The highest BCUT2D eigenvalue weighted by molar-refractivity contribution is 7.99. The number of piperidine rings is 1. The Balaban J connectivity index is 1.55. The molecule has 0 aliphatic carbocycles. The van der Waals surface area contributed by atoms with Gasteiger partial charge in [-0.3, -0.25) is 9.48 Å². The van der Waals surface area contributed by atoms with Gasteiger partial charge in [-0.25, -0.2) is 4.98 Å². The van der Waals surface area contributed by atoms with E-state index in [1.165, 1.54) is 11.8 Å². The number of nitrogens with zero attached hydrogens (tertiary/aromatic N) is 4. The van der Waals surface area contributed by atoms with Crippen molar-refractivity contribution in [3.63, 3.8) is 0 Å². The molecule has 1 aliphatic heterocycles. The van der Waals surface area contributed by atoms with E-state index in [1.807, 2.05) is 35.4 Å². The maximum Gasteiger partial charge on any atom is 0.233 e. The van der Waals surface area contributed by atoms with Crippen molar-refractivity contribution in [3.8, 4) is 0 Å². The molecular weight excluding hydrogens is 324 g/mol. The van der Waals surface area contributed by atoms with Gasteiger partial charge in [0.05, 0.1) is 29.6 Å². The maximum atomic E-state index is 12.5. The van der Waals surface area contributed by atoms with Crippen LogP contribution in [0.5, 0.6) is 0 Å². The third-order valence-electron chi connectivity index (χ3n) is 4.16. The predicted octanol–water partition coefficient (Wildman–Crippen LogP) is 1.77. The van der Waals surface area contributed by atoms with Gasteiger partial charge in [0.25, 0.3) is 0 Å². The van der Waals surface area contributed by atoms with Crippen LogP contribution in [0.25, 0.3) is 0 Å². The highest BCUT2D eigenvalue weighted by Crippen LogP contribution is 2.26. The van der Waals surface area contributed by atoms with Gasteiger partial charge in [-0.1, -0.05) is 17.8 Å². The van der Waals surface area contributed by atoms with Crippen LogP contribution in [0.4, 0.5) is 0 Å². The topological polar surface area (TPSA) is 71.2 Å². The SMILES string of the molecule is O=C(CSc1ccccn1)N1CCCC(c2ccn(CCO)n2)C1. The number of thioether (sulfide) groups is 1. The number of carbonyl (C=O) groups is 1. The fraction of sp³-hybridized carbons (Fsp3) is 0.471. The zero-order valence-electron chi connectivity index (χ0n) is 13.5. The van der Waals surface area contributed by atoms with Crippen LogP contribution in [0.2, 0.25) is 0 Å². The highest BCUT2D eigenvalue weighted by Gasteiger charge is 2.26. The summed E-state index contributed by atoms with van der Waals surface area (Å²) in [7, 11) is 0. The third-order valence-corrected chi connectivity index (χ3v) is 5.09. The molecule has 3 rings (SSSR count). The summed E-state index contributed by atoms with van der Waals surface area (Å²) in [6.45, 7) is 2.13. The molecule has 1 atom stereocenters. The molecule has 128 valence electrons. The van der Waals surface area contributed by atoms with E-state index in [4.69, 9.17) is 5.11 Å². The Bertz CT molecular complexity index is 662. The lowest BCUT2D eigenvalue weighted by molar-refractivity contribution is -0.129. The van der Waals surface area contributed by atoms with Crippen molar-refractivity contribution in [1.29, 1.82) is 0 Å². The van der Waals surface area contributed by atoms with Crippen LogP contribution in [-0.2, 0) is 11.3 Å². The molecular formula is C17H22N4O2S. The molecule has 2 aromatic heterocycles. The van der Waals surface area contributed by atoms with Gasteiger partial charge >= 0.3 is 0 Å². The molecule has 24 heavy (non-hydrogen) atoms. The lowest BCUT2D eigenvalue weighted by Gasteiger charge is -2.32. The Morgan fingerprint density at radius 2 is 2.29 bits per heavy atom. The number of rotatable bonds is 6. The molecule has 6 nitrogen and oxygen atoms in total. The molecule has 1 N–H and O–H groups in total. The summed E-state index contributed by atoms with van der Waals surface area (Å²) >= 11 is 1.48. The van der Waals surface area contributed by atoms with Crippen LogP contribution < -0.4 is 0 Å². The van der Waals surface area contributed by atoms with Crippen LogP contribution in [0.1, 0.15) is 24.5 Å². The number of aromatic nitrogens is 3. The number of hydrogen-bond donors (Lipinski definition) is 1. The van der Waals surface area contributed by atoms with Crippen molar-refractivity contribution < 1.29 is 9.90 Å². The van der Waals surface area contributed by atoms with Gasteiger partial charge in [-0.2, -0.15) is 5.10 Å². The van der Waals surface area contributed by atoms with Gasteiger partial charge in [-0.05, 0) is 31.0 Å². The number of likely N-dealkylation sites (tertiary alicyclic amines) is 1. The maximum absolute atomic E-state index is 12.5. The van der Waals surface area contributed by atoms with Gasteiger partial charge in [-0.15, -0.1) is 0 Å². The first-order chi connectivity index (χ1) is 11.8. The minimum absolute atomic E-state index is 0.0845. The van der Waals surface area contributed by atoms with E-state index in [9.17, 15) is 4.79 Å².